The van der Waals surface area contributed by atoms with Crippen molar-refractivity contribution in [1.29, 1.82) is 0 Å². The van der Waals surface area contributed by atoms with E-state index in [0.717, 1.165) is 0 Å². The molecule has 3 N–H and O–H groups in total. The molecule has 0 aliphatic rings. The first-order valence-electron chi connectivity index (χ1n) is 5.13. The Bertz CT molecular complexity index is 423. The number of oxime groups is 1. The van der Waals surface area contributed by atoms with Gasteiger partial charge in [0.2, 0.25) is 0 Å². The highest BCUT2D eigenvalue weighted by Crippen LogP contribution is 2.18. The zero-order valence-corrected chi connectivity index (χ0v) is 10.1. The molecule has 0 fully saturated rings. The summed E-state index contributed by atoms with van der Waals surface area (Å²) >= 11 is 0. The molecule has 7 heteroatoms. The third-order valence-electron chi connectivity index (χ3n) is 2.57. The summed E-state index contributed by atoms with van der Waals surface area (Å²) in [7, 11) is 1.69. The van der Waals surface area contributed by atoms with Gasteiger partial charge in [-0.15, -0.1) is 0 Å². The molecule has 1 rings (SSSR count). The Morgan fingerprint density at radius 1 is 1.65 bits per heavy atom. The fourth-order valence-electron chi connectivity index (χ4n) is 1.38. The fraction of sp³-hybridized carbons (Fsp3) is 0.500. The van der Waals surface area contributed by atoms with Crippen molar-refractivity contribution in [2.45, 2.75) is 26.3 Å². The molecule has 0 aliphatic carbocycles. The van der Waals surface area contributed by atoms with Gasteiger partial charge in [-0.1, -0.05) is 5.16 Å². The SMILES string of the molecule is Cc1ncnc(N(C)C(C)CC(N)=NO)c1F. The van der Waals surface area contributed by atoms with Crippen molar-refractivity contribution in [3.05, 3.63) is 17.8 Å². The average molecular weight is 241 g/mol. The van der Waals surface area contributed by atoms with E-state index in [1.807, 2.05) is 6.92 Å². The molecular weight excluding hydrogens is 225 g/mol. The Hall–Kier alpha value is -1.92. The van der Waals surface area contributed by atoms with Crippen LogP contribution in [0.25, 0.3) is 0 Å². The molecule has 1 heterocycles. The van der Waals surface area contributed by atoms with E-state index in [-0.39, 0.29) is 23.4 Å². The number of nitrogens with zero attached hydrogens (tertiary/aromatic N) is 4. The monoisotopic (exact) mass is 241 g/mol. The fourth-order valence-corrected chi connectivity index (χ4v) is 1.38. The van der Waals surface area contributed by atoms with Gasteiger partial charge in [0.15, 0.2) is 11.6 Å². The van der Waals surface area contributed by atoms with E-state index in [4.69, 9.17) is 10.9 Å². The van der Waals surface area contributed by atoms with Crippen molar-refractivity contribution in [2.24, 2.45) is 10.9 Å². The zero-order chi connectivity index (χ0) is 13.0. The van der Waals surface area contributed by atoms with E-state index in [1.165, 1.54) is 6.33 Å². The third-order valence-corrected chi connectivity index (χ3v) is 2.57. The second-order valence-electron chi connectivity index (χ2n) is 3.85. The lowest BCUT2D eigenvalue weighted by Gasteiger charge is -2.25. The molecule has 0 aliphatic heterocycles. The lowest BCUT2D eigenvalue weighted by Crippen LogP contribution is -2.34. The molecule has 1 aromatic rings. The number of rotatable bonds is 4. The highest BCUT2D eigenvalue weighted by atomic mass is 19.1. The van der Waals surface area contributed by atoms with Crippen LogP contribution in [0.3, 0.4) is 0 Å². The Kier molecular flexibility index (Phi) is 4.19. The van der Waals surface area contributed by atoms with Crippen LogP contribution >= 0.6 is 0 Å². The normalized spacial score (nSPS) is 13.5. The van der Waals surface area contributed by atoms with Gasteiger partial charge in [-0.25, -0.2) is 14.4 Å². The zero-order valence-electron chi connectivity index (χ0n) is 10.1. The predicted octanol–water partition coefficient (Wildman–Crippen LogP) is 0.885. The highest BCUT2D eigenvalue weighted by molar-refractivity contribution is 5.80. The Balaban J connectivity index is 2.89. The average Bonchev–Trinajstić information content (AvgIpc) is 2.31. The second kappa shape index (κ2) is 5.42. The first-order valence-corrected chi connectivity index (χ1v) is 5.13. The summed E-state index contributed by atoms with van der Waals surface area (Å²) < 4.78 is 13.8. The van der Waals surface area contributed by atoms with Gasteiger partial charge in [0.05, 0.1) is 5.69 Å². The van der Waals surface area contributed by atoms with Gasteiger partial charge in [0, 0.05) is 19.5 Å². The maximum absolute atomic E-state index is 13.8. The van der Waals surface area contributed by atoms with Crippen LogP contribution in [0.5, 0.6) is 0 Å². The molecule has 0 saturated heterocycles. The summed E-state index contributed by atoms with van der Waals surface area (Å²) in [5, 5.41) is 11.4. The van der Waals surface area contributed by atoms with Crippen LogP contribution < -0.4 is 10.6 Å². The predicted molar refractivity (Wildman–Crippen MR) is 62.6 cm³/mol. The van der Waals surface area contributed by atoms with Gasteiger partial charge in [-0.3, -0.25) is 0 Å². The largest absolute Gasteiger partial charge is 0.409 e. The van der Waals surface area contributed by atoms with Crippen molar-refractivity contribution in [2.75, 3.05) is 11.9 Å². The summed E-state index contributed by atoms with van der Waals surface area (Å²) in [5.41, 5.74) is 5.69. The summed E-state index contributed by atoms with van der Waals surface area (Å²) in [6, 6.07) is -0.144. The van der Waals surface area contributed by atoms with Crippen molar-refractivity contribution in [3.63, 3.8) is 0 Å². The van der Waals surface area contributed by atoms with E-state index in [9.17, 15) is 4.39 Å². The first kappa shape index (κ1) is 13.1. The van der Waals surface area contributed by atoms with Gasteiger partial charge in [0.25, 0.3) is 0 Å². The standard InChI is InChI=1S/C10H16FN5O/c1-6(4-8(12)15-17)16(3)10-9(11)7(2)13-5-14-10/h5-6,17H,4H2,1-3H3,(H2,12,15). The Morgan fingerprint density at radius 2 is 2.29 bits per heavy atom. The number of hydrogen-bond acceptors (Lipinski definition) is 5. The van der Waals surface area contributed by atoms with E-state index >= 15 is 0 Å². The van der Waals surface area contributed by atoms with Crippen molar-refractivity contribution >= 4 is 11.7 Å². The Morgan fingerprint density at radius 3 is 2.88 bits per heavy atom. The van der Waals surface area contributed by atoms with Crippen molar-refractivity contribution in [1.82, 2.24) is 9.97 Å². The number of halogens is 1. The number of anilines is 1. The van der Waals surface area contributed by atoms with Gasteiger partial charge in [-0.2, -0.15) is 0 Å². The molecule has 0 radical (unpaired) electrons. The van der Waals surface area contributed by atoms with Gasteiger partial charge in [0.1, 0.15) is 12.2 Å². The smallest absolute Gasteiger partial charge is 0.186 e. The molecule has 94 valence electrons. The third kappa shape index (κ3) is 3.02. The molecular formula is C10H16FN5O. The van der Waals surface area contributed by atoms with Crippen LogP contribution in [0.2, 0.25) is 0 Å². The molecule has 0 saturated carbocycles. The molecule has 0 aromatic carbocycles. The Labute approximate surface area is 99.0 Å². The maximum atomic E-state index is 13.8. The van der Waals surface area contributed by atoms with Gasteiger partial charge in [-0.05, 0) is 13.8 Å². The molecule has 1 aromatic heterocycles. The van der Waals surface area contributed by atoms with Gasteiger partial charge >= 0.3 is 0 Å². The minimum absolute atomic E-state index is 0.0931. The van der Waals surface area contributed by atoms with Crippen LogP contribution in [0.1, 0.15) is 19.0 Å². The molecule has 1 atom stereocenters. The lowest BCUT2D eigenvalue weighted by atomic mass is 10.2. The van der Waals surface area contributed by atoms with E-state index in [0.29, 0.717) is 6.42 Å². The summed E-state index contributed by atoms with van der Waals surface area (Å²) in [4.78, 5) is 9.27. The second-order valence-corrected chi connectivity index (χ2v) is 3.85. The van der Waals surface area contributed by atoms with Crippen LogP contribution in [0.15, 0.2) is 11.5 Å². The first-order chi connectivity index (χ1) is 7.97. The number of amidine groups is 1. The maximum Gasteiger partial charge on any atom is 0.186 e. The lowest BCUT2D eigenvalue weighted by molar-refractivity contribution is 0.316. The van der Waals surface area contributed by atoms with E-state index in [1.54, 1.807) is 18.9 Å². The van der Waals surface area contributed by atoms with E-state index < -0.39 is 5.82 Å². The van der Waals surface area contributed by atoms with Crippen molar-refractivity contribution < 1.29 is 9.60 Å². The summed E-state index contributed by atoms with van der Waals surface area (Å²) in [6.45, 7) is 3.40. The summed E-state index contributed by atoms with van der Waals surface area (Å²) in [6.07, 6.45) is 1.62. The molecule has 1 unspecified atom stereocenters. The van der Waals surface area contributed by atoms with Gasteiger partial charge < -0.3 is 15.8 Å². The quantitative estimate of drug-likeness (QED) is 0.354. The number of aryl methyl sites for hydroxylation is 1. The number of nitrogens with two attached hydrogens (primary N) is 1. The molecule has 6 nitrogen and oxygen atoms in total. The topological polar surface area (TPSA) is 87.6 Å². The van der Waals surface area contributed by atoms with Crippen LogP contribution in [0, 0.1) is 12.7 Å². The molecule has 0 spiro atoms. The number of aromatic nitrogens is 2. The number of hydrogen-bond donors (Lipinski definition) is 2. The summed E-state index contributed by atoms with van der Waals surface area (Å²) in [5.74, 6) is -0.160. The van der Waals surface area contributed by atoms with Crippen molar-refractivity contribution in [3.8, 4) is 0 Å². The van der Waals surface area contributed by atoms with Crippen LogP contribution in [0.4, 0.5) is 10.2 Å². The molecule has 17 heavy (non-hydrogen) atoms. The van der Waals surface area contributed by atoms with Crippen LogP contribution in [-0.2, 0) is 0 Å². The minimum atomic E-state index is -0.457. The van der Waals surface area contributed by atoms with E-state index in [2.05, 4.69) is 15.1 Å². The molecule has 0 bridgehead atoms. The minimum Gasteiger partial charge on any atom is -0.409 e. The molecule has 0 amide bonds. The van der Waals surface area contributed by atoms with Crippen LogP contribution in [-0.4, -0.2) is 34.1 Å². The highest BCUT2D eigenvalue weighted by Gasteiger charge is 2.18.